The van der Waals surface area contributed by atoms with Crippen molar-refractivity contribution in [3.05, 3.63) is 28.3 Å². The fraction of sp³-hybridized carbons (Fsp3) is 0.667. The molecule has 2 atom stereocenters. The number of aryl methyl sites for hydroxylation is 2. The highest BCUT2D eigenvalue weighted by Crippen LogP contribution is 2.53. The molecule has 1 aromatic rings. The van der Waals surface area contributed by atoms with Crippen molar-refractivity contribution in [2.75, 3.05) is 7.05 Å². The Hall–Kier alpha value is -0.730. The number of rotatable bonds is 3. The number of hydrogen-bond donors (Lipinski definition) is 1. The van der Waals surface area contributed by atoms with Crippen LogP contribution in [0.15, 0.2) is 12.1 Å². The highest BCUT2D eigenvalue weighted by atomic mass is 35.5. The van der Waals surface area contributed by atoms with Crippen LogP contribution in [0.25, 0.3) is 0 Å². The maximum Gasteiger partial charge on any atom is 0.125 e. The predicted octanol–water partition coefficient (Wildman–Crippen LogP) is 4.65. The highest BCUT2D eigenvalue weighted by molar-refractivity contribution is 6.30. The monoisotopic (exact) mass is 307 g/mol. The Kier molecular flexibility index (Phi) is 4.20. The number of halogens is 1. The second kappa shape index (κ2) is 5.81. The highest BCUT2D eigenvalue weighted by Gasteiger charge is 2.56. The first-order valence-corrected chi connectivity index (χ1v) is 8.55. The van der Waals surface area contributed by atoms with Gasteiger partial charge in [0.2, 0.25) is 0 Å². The Morgan fingerprint density at radius 3 is 2.33 bits per heavy atom. The van der Waals surface area contributed by atoms with E-state index < -0.39 is 0 Å². The maximum atomic E-state index is 6.49. The van der Waals surface area contributed by atoms with E-state index in [1.165, 1.54) is 32.1 Å². The van der Waals surface area contributed by atoms with Crippen LogP contribution in [0.4, 0.5) is 0 Å². The molecule has 0 aliphatic heterocycles. The molecular weight excluding hydrogens is 282 g/mol. The van der Waals surface area contributed by atoms with Crippen LogP contribution in [0.2, 0.25) is 5.02 Å². The molecule has 3 heteroatoms. The van der Waals surface area contributed by atoms with Crippen molar-refractivity contribution in [2.45, 2.75) is 64.5 Å². The lowest BCUT2D eigenvalue weighted by Gasteiger charge is -2.57. The van der Waals surface area contributed by atoms with Crippen LogP contribution in [0.1, 0.15) is 49.7 Å². The van der Waals surface area contributed by atoms with Gasteiger partial charge < -0.3 is 10.1 Å². The molecule has 0 radical (unpaired) electrons. The van der Waals surface area contributed by atoms with Gasteiger partial charge in [-0.25, -0.2) is 0 Å². The predicted molar refractivity (Wildman–Crippen MR) is 88.3 cm³/mol. The van der Waals surface area contributed by atoms with Gasteiger partial charge in [-0.15, -0.1) is 0 Å². The zero-order valence-electron chi connectivity index (χ0n) is 13.3. The van der Waals surface area contributed by atoms with Crippen LogP contribution in [0.5, 0.6) is 5.75 Å². The third-order valence-corrected chi connectivity index (χ3v) is 5.82. The van der Waals surface area contributed by atoms with Crippen LogP contribution in [0, 0.1) is 19.3 Å². The molecule has 2 nitrogen and oxygen atoms in total. The van der Waals surface area contributed by atoms with Crippen molar-refractivity contribution in [2.24, 2.45) is 5.41 Å². The van der Waals surface area contributed by atoms with E-state index in [1.54, 1.807) is 0 Å². The average Bonchev–Trinajstić information content (AvgIpc) is 2.45. The summed E-state index contributed by atoms with van der Waals surface area (Å²) in [6, 6.07) is 4.63. The van der Waals surface area contributed by atoms with E-state index in [4.69, 9.17) is 16.3 Å². The Morgan fingerprint density at radius 1 is 1.14 bits per heavy atom. The summed E-state index contributed by atoms with van der Waals surface area (Å²) >= 11 is 6.13. The zero-order chi connectivity index (χ0) is 15.0. The molecule has 0 aromatic heterocycles. The summed E-state index contributed by atoms with van der Waals surface area (Å²) in [6.45, 7) is 4.19. The van der Waals surface area contributed by atoms with Crippen molar-refractivity contribution in [3.63, 3.8) is 0 Å². The largest absolute Gasteiger partial charge is 0.489 e. The summed E-state index contributed by atoms with van der Waals surface area (Å²) in [5, 5.41) is 4.31. The summed E-state index contributed by atoms with van der Waals surface area (Å²) in [7, 11) is 2.09. The summed E-state index contributed by atoms with van der Waals surface area (Å²) < 4.78 is 6.49. The molecule has 116 valence electrons. The zero-order valence-corrected chi connectivity index (χ0v) is 14.1. The van der Waals surface area contributed by atoms with Gasteiger partial charge in [0.25, 0.3) is 0 Å². The van der Waals surface area contributed by atoms with E-state index in [0.29, 0.717) is 17.6 Å². The lowest BCUT2D eigenvalue weighted by molar-refractivity contribution is -0.101. The topological polar surface area (TPSA) is 21.3 Å². The molecule has 2 aliphatic rings. The third kappa shape index (κ3) is 2.57. The minimum Gasteiger partial charge on any atom is -0.489 e. The number of benzene rings is 1. The normalized spacial score (nSPS) is 27.4. The van der Waals surface area contributed by atoms with Gasteiger partial charge in [0.15, 0.2) is 0 Å². The molecule has 0 saturated heterocycles. The van der Waals surface area contributed by atoms with E-state index >= 15 is 0 Å². The first-order valence-electron chi connectivity index (χ1n) is 8.17. The second-order valence-electron chi connectivity index (χ2n) is 6.85. The number of ether oxygens (including phenoxy) is 1. The van der Waals surface area contributed by atoms with E-state index in [1.807, 2.05) is 12.1 Å². The molecule has 0 bridgehead atoms. The minimum atomic E-state index is 0.353. The Morgan fingerprint density at radius 2 is 1.76 bits per heavy atom. The van der Waals surface area contributed by atoms with Gasteiger partial charge in [-0.05, 0) is 57.0 Å². The van der Waals surface area contributed by atoms with Gasteiger partial charge in [-0.2, -0.15) is 0 Å². The molecule has 2 unspecified atom stereocenters. The molecular formula is C18H26ClNO. The van der Waals surface area contributed by atoms with E-state index in [0.717, 1.165) is 28.3 Å². The van der Waals surface area contributed by atoms with Crippen molar-refractivity contribution >= 4 is 11.6 Å². The van der Waals surface area contributed by atoms with Crippen molar-refractivity contribution < 1.29 is 4.74 Å². The molecule has 1 aromatic carbocycles. The van der Waals surface area contributed by atoms with Gasteiger partial charge in [0.1, 0.15) is 11.9 Å². The van der Waals surface area contributed by atoms with Gasteiger partial charge in [-0.3, -0.25) is 0 Å². The summed E-state index contributed by atoms with van der Waals surface area (Å²) in [6.07, 6.45) is 8.15. The Bertz CT molecular complexity index is 499. The molecule has 1 spiro atoms. The first kappa shape index (κ1) is 15.2. The summed E-state index contributed by atoms with van der Waals surface area (Å²) in [5.41, 5.74) is 2.66. The SMILES string of the molecule is CNC1CC(Oc2c(C)cc(Cl)cc2C)C12CCCCC2. The molecule has 1 N–H and O–H groups in total. The summed E-state index contributed by atoms with van der Waals surface area (Å²) in [4.78, 5) is 0. The van der Waals surface area contributed by atoms with Crippen LogP contribution in [0.3, 0.4) is 0 Å². The average molecular weight is 308 g/mol. The standard InChI is InChI=1S/C18H26ClNO/c1-12-9-14(19)10-13(2)17(12)21-16-11-15(20-3)18(16)7-5-4-6-8-18/h9-10,15-16,20H,4-8,11H2,1-3H3. The lowest BCUT2D eigenvalue weighted by atomic mass is 9.55. The minimum absolute atomic E-state index is 0.353. The molecule has 2 fully saturated rings. The lowest BCUT2D eigenvalue weighted by Crippen LogP contribution is -2.64. The third-order valence-electron chi connectivity index (χ3n) is 5.60. The number of hydrogen-bond acceptors (Lipinski definition) is 2. The molecule has 0 heterocycles. The molecule has 3 rings (SSSR count). The van der Waals surface area contributed by atoms with Gasteiger partial charge in [-0.1, -0.05) is 30.9 Å². The van der Waals surface area contributed by atoms with E-state index in [2.05, 4.69) is 26.2 Å². The van der Waals surface area contributed by atoms with Gasteiger partial charge in [0, 0.05) is 22.9 Å². The molecule has 0 amide bonds. The fourth-order valence-electron chi connectivity index (χ4n) is 4.42. The fourth-order valence-corrected chi connectivity index (χ4v) is 4.75. The second-order valence-corrected chi connectivity index (χ2v) is 7.28. The van der Waals surface area contributed by atoms with Gasteiger partial charge >= 0.3 is 0 Å². The van der Waals surface area contributed by atoms with E-state index in [9.17, 15) is 0 Å². The molecule has 2 saturated carbocycles. The smallest absolute Gasteiger partial charge is 0.125 e. The van der Waals surface area contributed by atoms with Crippen molar-refractivity contribution in [3.8, 4) is 5.75 Å². The van der Waals surface area contributed by atoms with Crippen LogP contribution < -0.4 is 10.1 Å². The van der Waals surface area contributed by atoms with Crippen molar-refractivity contribution in [1.82, 2.24) is 5.32 Å². The van der Waals surface area contributed by atoms with Crippen LogP contribution in [-0.4, -0.2) is 19.2 Å². The first-order chi connectivity index (χ1) is 10.1. The Labute approximate surface area is 133 Å². The molecule has 2 aliphatic carbocycles. The van der Waals surface area contributed by atoms with E-state index in [-0.39, 0.29) is 0 Å². The van der Waals surface area contributed by atoms with Crippen LogP contribution >= 0.6 is 11.6 Å². The number of nitrogens with one attached hydrogen (secondary N) is 1. The Balaban J connectivity index is 1.82. The molecule has 21 heavy (non-hydrogen) atoms. The van der Waals surface area contributed by atoms with Crippen molar-refractivity contribution in [1.29, 1.82) is 0 Å². The van der Waals surface area contributed by atoms with Crippen LogP contribution in [-0.2, 0) is 0 Å². The summed E-state index contributed by atoms with van der Waals surface area (Å²) in [5.74, 6) is 1.05. The quantitative estimate of drug-likeness (QED) is 0.878. The van der Waals surface area contributed by atoms with Gasteiger partial charge in [0.05, 0.1) is 0 Å². The maximum absolute atomic E-state index is 6.49.